The third-order valence-electron chi connectivity index (χ3n) is 2.95. The van der Waals surface area contributed by atoms with Crippen LogP contribution in [0.25, 0.3) is 0 Å². The largest absolute Gasteiger partial charge is 0.490 e. The number of ether oxygens (including phenoxy) is 2. The van der Waals surface area contributed by atoms with Gasteiger partial charge in [-0.3, -0.25) is 0 Å². The van der Waals surface area contributed by atoms with E-state index in [1.165, 1.54) is 18.0 Å². The molecule has 1 heterocycles. The lowest BCUT2D eigenvalue weighted by molar-refractivity contribution is 0.101. The van der Waals surface area contributed by atoms with Crippen molar-refractivity contribution in [3.63, 3.8) is 0 Å². The van der Waals surface area contributed by atoms with Crippen molar-refractivity contribution in [2.75, 3.05) is 25.3 Å². The molecule has 1 fully saturated rings. The molecule has 0 aromatic carbocycles. The van der Waals surface area contributed by atoms with Crippen molar-refractivity contribution in [3.05, 3.63) is 0 Å². The fourth-order valence-corrected chi connectivity index (χ4v) is 2.87. The van der Waals surface area contributed by atoms with Crippen LogP contribution in [-0.2, 0) is 4.74 Å². The minimum absolute atomic E-state index is 0.271. The second-order valence-electron chi connectivity index (χ2n) is 3.89. The standard InChI is InChI=1S/C10H17N3O2S/c1-14-7-5-3-4-6(7)12-10-8(15-2)9(11)13-16-10/h6-7,12H,3-5H2,1-2H3,(H2,11,13). The monoisotopic (exact) mass is 243 g/mol. The van der Waals surface area contributed by atoms with Crippen LogP contribution >= 0.6 is 11.5 Å². The molecule has 2 atom stereocenters. The van der Waals surface area contributed by atoms with Crippen LogP contribution in [0.3, 0.4) is 0 Å². The number of aromatic nitrogens is 1. The van der Waals surface area contributed by atoms with Crippen molar-refractivity contribution in [1.29, 1.82) is 0 Å². The fraction of sp³-hybridized carbons (Fsp3) is 0.700. The van der Waals surface area contributed by atoms with E-state index in [4.69, 9.17) is 15.2 Å². The summed E-state index contributed by atoms with van der Waals surface area (Å²) in [6.45, 7) is 0. The minimum atomic E-state index is 0.271. The van der Waals surface area contributed by atoms with Crippen LogP contribution in [0, 0.1) is 0 Å². The van der Waals surface area contributed by atoms with Gasteiger partial charge in [0.1, 0.15) is 0 Å². The van der Waals surface area contributed by atoms with E-state index in [9.17, 15) is 0 Å². The van der Waals surface area contributed by atoms with E-state index in [2.05, 4.69) is 9.69 Å². The zero-order valence-electron chi connectivity index (χ0n) is 9.53. The summed E-state index contributed by atoms with van der Waals surface area (Å²) in [4.78, 5) is 0. The lowest BCUT2D eigenvalue weighted by Gasteiger charge is -2.19. The number of nitrogens with two attached hydrogens (primary N) is 1. The number of methoxy groups -OCH3 is 2. The molecule has 2 unspecified atom stereocenters. The molecular formula is C10H17N3O2S. The zero-order chi connectivity index (χ0) is 11.5. The molecule has 5 nitrogen and oxygen atoms in total. The first-order valence-electron chi connectivity index (χ1n) is 5.34. The highest BCUT2D eigenvalue weighted by atomic mass is 32.1. The van der Waals surface area contributed by atoms with Crippen molar-refractivity contribution in [2.24, 2.45) is 0 Å². The fourth-order valence-electron chi connectivity index (χ4n) is 2.12. The van der Waals surface area contributed by atoms with Gasteiger partial charge in [0.2, 0.25) is 0 Å². The van der Waals surface area contributed by atoms with Gasteiger partial charge in [0.25, 0.3) is 0 Å². The van der Waals surface area contributed by atoms with E-state index in [-0.39, 0.29) is 6.10 Å². The Morgan fingerprint density at radius 3 is 2.94 bits per heavy atom. The van der Waals surface area contributed by atoms with Gasteiger partial charge in [-0.2, -0.15) is 4.37 Å². The van der Waals surface area contributed by atoms with Gasteiger partial charge >= 0.3 is 0 Å². The summed E-state index contributed by atoms with van der Waals surface area (Å²) >= 11 is 1.33. The van der Waals surface area contributed by atoms with E-state index in [0.717, 1.165) is 17.8 Å². The van der Waals surface area contributed by atoms with Crippen molar-refractivity contribution in [1.82, 2.24) is 4.37 Å². The number of anilines is 2. The van der Waals surface area contributed by atoms with Gasteiger partial charge in [-0.15, -0.1) is 0 Å². The Balaban J connectivity index is 2.08. The van der Waals surface area contributed by atoms with Crippen LogP contribution in [0.15, 0.2) is 0 Å². The van der Waals surface area contributed by atoms with Crippen LogP contribution in [0.4, 0.5) is 10.8 Å². The predicted molar refractivity (Wildman–Crippen MR) is 65.1 cm³/mol. The van der Waals surface area contributed by atoms with E-state index in [1.54, 1.807) is 14.2 Å². The molecule has 16 heavy (non-hydrogen) atoms. The molecule has 0 bridgehead atoms. The molecule has 2 rings (SSSR count). The lowest BCUT2D eigenvalue weighted by atomic mass is 10.2. The van der Waals surface area contributed by atoms with Gasteiger partial charge in [-0.25, -0.2) is 0 Å². The van der Waals surface area contributed by atoms with Crippen molar-refractivity contribution >= 4 is 22.4 Å². The molecule has 90 valence electrons. The Hall–Kier alpha value is -1.01. The summed E-state index contributed by atoms with van der Waals surface area (Å²) in [5.74, 6) is 1.09. The minimum Gasteiger partial charge on any atom is -0.490 e. The molecule has 0 spiro atoms. The third kappa shape index (κ3) is 2.08. The van der Waals surface area contributed by atoms with Gasteiger partial charge in [0.15, 0.2) is 16.6 Å². The highest BCUT2D eigenvalue weighted by molar-refractivity contribution is 7.11. The van der Waals surface area contributed by atoms with E-state index in [0.29, 0.717) is 17.6 Å². The maximum Gasteiger partial charge on any atom is 0.197 e. The van der Waals surface area contributed by atoms with Crippen LogP contribution < -0.4 is 15.8 Å². The van der Waals surface area contributed by atoms with Gasteiger partial charge in [-0.05, 0) is 30.8 Å². The first kappa shape index (κ1) is 11.5. The molecule has 0 saturated heterocycles. The first-order valence-corrected chi connectivity index (χ1v) is 6.12. The molecule has 1 aromatic heterocycles. The Morgan fingerprint density at radius 2 is 2.25 bits per heavy atom. The van der Waals surface area contributed by atoms with Gasteiger partial charge in [0, 0.05) is 7.11 Å². The van der Waals surface area contributed by atoms with Crippen molar-refractivity contribution in [2.45, 2.75) is 31.4 Å². The van der Waals surface area contributed by atoms with Crippen molar-refractivity contribution in [3.8, 4) is 5.75 Å². The van der Waals surface area contributed by atoms with Crippen LogP contribution in [0.1, 0.15) is 19.3 Å². The Morgan fingerprint density at radius 1 is 1.44 bits per heavy atom. The summed E-state index contributed by atoms with van der Waals surface area (Å²) in [7, 11) is 3.36. The number of nitrogens with zero attached hydrogens (tertiary/aromatic N) is 1. The predicted octanol–water partition coefficient (Wildman–Crippen LogP) is 1.71. The molecule has 0 amide bonds. The van der Waals surface area contributed by atoms with Crippen LogP contribution in [-0.4, -0.2) is 30.7 Å². The highest BCUT2D eigenvalue weighted by Crippen LogP contribution is 2.37. The highest BCUT2D eigenvalue weighted by Gasteiger charge is 2.28. The number of hydrogen-bond donors (Lipinski definition) is 2. The quantitative estimate of drug-likeness (QED) is 0.842. The second kappa shape index (κ2) is 4.88. The topological polar surface area (TPSA) is 69.4 Å². The van der Waals surface area contributed by atoms with Crippen molar-refractivity contribution < 1.29 is 9.47 Å². The van der Waals surface area contributed by atoms with E-state index < -0.39 is 0 Å². The molecule has 1 aliphatic rings. The molecule has 0 radical (unpaired) electrons. The normalized spacial score (nSPS) is 24.6. The summed E-state index contributed by atoms with van der Waals surface area (Å²) in [5.41, 5.74) is 5.70. The van der Waals surface area contributed by atoms with E-state index >= 15 is 0 Å². The number of nitrogens with one attached hydrogen (secondary N) is 1. The number of hydrogen-bond acceptors (Lipinski definition) is 6. The summed E-state index contributed by atoms with van der Waals surface area (Å²) < 4.78 is 14.7. The average molecular weight is 243 g/mol. The molecule has 3 N–H and O–H groups in total. The molecule has 6 heteroatoms. The Bertz CT molecular complexity index is 356. The zero-order valence-corrected chi connectivity index (χ0v) is 10.3. The lowest BCUT2D eigenvalue weighted by Crippen LogP contribution is -2.29. The smallest absolute Gasteiger partial charge is 0.197 e. The molecule has 0 aliphatic heterocycles. The number of nitrogen functional groups attached to an aromatic ring is 1. The Labute approximate surface area is 99.1 Å². The maximum absolute atomic E-state index is 5.70. The Kier molecular flexibility index (Phi) is 3.50. The van der Waals surface area contributed by atoms with Gasteiger partial charge < -0.3 is 20.5 Å². The third-order valence-corrected chi connectivity index (χ3v) is 3.72. The molecule has 1 saturated carbocycles. The van der Waals surface area contributed by atoms with Crippen LogP contribution in [0.2, 0.25) is 0 Å². The maximum atomic E-state index is 5.70. The first-order chi connectivity index (χ1) is 7.76. The number of rotatable bonds is 4. The average Bonchev–Trinajstić information content (AvgIpc) is 2.86. The second-order valence-corrected chi connectivity index (χ2v) is 4.66. The van der Waals surface area contributed by atoms with Gasteiger partial charge in [0.05, 0.1) is 19.3 Å². The molecular weight excluding hydrogens is 226 g/mol. The summed E-state index contributed by atoms with van der Waals surface area (Å²) in [5, 5.41) is 4.31. The van der Waals surface area contributed by atoms with Crippen LogP contribution in [0.5, 0.6) is 5.75 Å². The summed E-state index contributed by atoms with van der Waals surface area (Å²) in [6.07, 6.45) is 3.67. The molecule has 1 aliphatic carbocycles. The van der Waals surface area contributed by atoms with E-state index in [1.807, 2.05) is 0 Å². The summed E-state index contributed by atoms with van der Waals surface area (Å²) in [6, 6.07) is 0.332. The SMILES string of the molecule is COc1c(N)nsc1NC1CCCC1OC. The van der Waals surface area contributed by atoms with Gasteiger partial charge in [-0.1, -0.05) is 0 Å². The molecule has 1 aromatic rings.